The van der Waals surface area contributed by atoms with Gasteiger partial charge in [-0.3, -0.25) is 9.48 Å². The Balaban J connectivity index is 1.45. The number of carbonyl (C=O) groups excluding carboxylic acids is 1. The van der Waals surface area contributed by atoms with E-state index < -0.39 is 0 Å². The molecule has 0 radical (unpaired) electrons. The zero-order valence-corrected chi connectivity index (χ0v) is 16.9. The largest absolute Gasteiger partial charge is 0.349 e. The van der Waals surface area contributed by atoms with E-state index in [1.807, 2.05) is 27.0 Å². The number of hydrogen-bond donors (Lipinski definition) is 1. The van der Waals surface area contributed by atoms with Crippen molar-refractivity contribution in [3.8, 4) is 0 Å². The molecule has 27 heavy (non-hydrogen) atoms. The highest BCUT2D eigenvalue weighted by Crippen LogP contribution is 2.61. The molecule has 1 N–H and O–H groups in total. The molecule has 4 bridgehead atoms. The summed E-state index contributed by atoms with van der Waals surface area (Å²) in [4.78, 5) is 17.9. The van der Waals surface area contributed by atoms with Gasteiger partial charge in [-0.25, -0.2) is 4.98 Å². The molecule has 2 aromatic heterocycles. The molecule has 2 aromatic rings. The van der Waals surface area contributed by atoms with Crippen molar-refractivity contribution in [1.29, 1.82) is 0 Å². The van der Waals surface area contributed by atoms with Crippen LogP contribution in [-0.4, -0.2) is 26.7 Å². The quantitative estimate of drug-likeness (QED) is 0.896. The van der Waals surface area contributed by atoms with Crippen molar-refractivity contribution in [2.24, 2.45) is 30.2 Å². The Kier molecular flexibility index (Phi) is 3.69. The maximum Gasteiger partial charge on any atom is 0.252 e. The molecule has 6 rings (SSSR count). The summed E-state index contributed by atoms with van der Waals surface area (Å²) in [6.07, 6.45) is 8.20. The smallest absolute Gasteiger partial charge is 0.252 e. The van der Waals surface area contributed by atoms with Gasteiger partial charge in [0.2, 0.25) is 0 Å². The zero-order valence-electron chi connectivity index (χ0n) is 16.9. The molecule has 4 saturated carbocycles. The second kappa shape index (κ2) is 5.79. The van der Waals surface area contributed by atoms with E-state index in [9.17, 15) is 4.79 Å². The Labute approximate surface area is 160 Å². The highest BCUT2D eigenvalue weighted by Gasteiger charge is 2.53. The predicted octanol–water partition coefficient (Wildman–Crippen LogP) is 3.92. The number of nitrogens with zero attached hydrogens (tertiary/aromatic N) is 3. The summed E-state index contributed by atoms with van der Waals surface area (Å²) in [5.41, 5.74) is 3.56. The molecule has 5 nitrogen and oxygen atoms in total. The van der Waals surface area contributed by atoms with E-state index in [2.05, 4.69) is 22.3 Å². The van der Waals surface area contributed by atoms with Crippen LogP contribution in [0.3, 0.4) is 0 Å². The lowest BCUT2D eigenvalue weighted by Gasteiger charge is -2.59. The van der Waals surface area contributed by atoms with Crippen molar-refractivity contribution in [3.63, 3.8) is 0 Å². The number of nitrogens with one attached hydrogen (secondary N) is 1. The lowest BCUT2D eigenvalue weighted by Crippen LogP contribution is -2.55. The van der Waals surface area contributed by atoms with Crippen LogP contribution in [-0.2, 0) is 7.05 Å². The van der Waals surface area contributed by atoms with Crippen LogP contribution in [0.4, 0.5) is 0 Å². The third-order valence-electron chi connectivity index (χ3n) is 7.69. The van der Waals surface area contributed by atoms with Crippen LogP contribution >= 0.6 is 0 Å². The van der Waals surface area contributed by atoms with Crippen LogP contribution in [0.25, 0.3) is 11.0 Å². The Morgan fingerprint density at radius 3 is 2.37 bits per heavy atom. The third kappa shape index (κ3) is 2.61. The molecule has 1 atom stereocenters. The fourth-order valence-electron chi connectivity index (χ4n) is 6.88. The summed E-state index contributed by atoms with van der Waals surface area (Å²) in [5, 5.41) is 8.77. The molecule has 144 valence electrons. The Bertz CT molecular complexity index is 893. The second-order valence-corrected chi connectivity index (χ2v) is 9.69. The minimum Gasteiger partial charge on any atom is -0.349 e. The molecule has 0 saturated heterocycles. The molecule has 0 aliphatic heterocycles. The lowest BCUT2D eigenvalue weighted by atomic mass is 9.48. The lowest BCUT2D eigenvalue weighted by molar-refractivity contribution is -0.0687. The van der Waals surface area contributed by atoms with Crippen molar-refractivity contribution in [1.82, 2.24) is 20.1 Å². The molecule has 1 amide bonds. The van der Waals surface area contributed by atoms with E-state index in [0.29, 0.717) is 5.41 Å². The van der Waals surface area contributed by atoms with E-state index in [-0.39, 0.29) is 11.9 Å². The maximum atomic E-state index is 13.3. The van der Waals surface area contributed by atoms with Gasteiger partial charge < -0.3 is 5.32 Å². The van der Waals surface area contributed by atoms with Gasteiger partial charge in [0.1, 0.15) is 0 Å². The fourth-order valence-corrected chi connectivity index (χ4v) is 6.88. The summed E-state index contributed by atoms with van der Waals surface area (Å²) in [7, 11) is 1.89. The first kappa shape index (κ1) is 17.2. The Hall–Kier alpha value is -1.91. The minimum atomic E-state index is 0.0323. The first-order chi connectivity index (χ1) is 12.8. The van der Waals surface area contributed by atoms with E-state index in [1.165, 1.54) is 38.5 Å². The minimum absolute atomic E-state index is 0.0323. The first-order valence-corrected chi connectivity index (χ1v) is 10.5. The predicted molar refractivity (Wildman–Crippen MR) is 106 cm³/mol. The Morgan fingerprint density at radius 2 is 1.78 bits per heavy atom. The molecule has 0 spiro atoms. The third-order valence-corrected chi connectivity index (χ3v) is 7.69. The molecule has 0 unspecified atom stereocenters. The zero-order chi connectivity index (χ0) is 18.9. The summed E-state index contributed by atoms with van der Waals surface area (Å²) < 4.78 is 1.77. The number of aromatic nitrogens is 3. The number of amides is 1. The van der Waals surface area contributed by atoms with Gasteiger partial charge in [0.15, 0.2) is 5.65 Å². The Morgan fingerprint density at radius 1 is 1.19 bits per heavy atom. The van der Waals surface area contributed by atoms with E-state index in [1.54, 1.807) is 4.68 Å². The summed E-state index contributed by atoms with van der Waals surface area (Å²) in [5.74, 6) is 2.72. The summed E-state index contributed by atoms with van der Waals surface area (Å²) in [6, 6.07) is 2.14. The van der Waals surface area contributed by atoms with Crippen LogP contribution in [0.1, 0.15) is 67.2 Å². The van der Waals surface area contributed by atoms with Crippen LogP contribution < -0.4 is 5.32 Å². The van der Waals surface area contributed by atoms with Crippen LogP contribution in [0.5, 0.6) is 0 Å². The van der Waals surface area contributed by atoms with Crippen molar-refractivity contribution < 1.29 is 4.79 Å². The highest BCUT2D eigenvalue weighted by atomic mass is 16.1. The van der Waals surface area contributed by atoms with E-state index in [0.717, 1.165) is 45.7 Å². The monoisotopic (exact) mass is 366 g/mol. The van der Waals surface area contributed by atoms with E-state index >= 15 is 0 Å². The van der Waals surface area contributed by atoms with Gasteiger partial charge >= 0.3 is 0 Å². The molecule has 2 heterocycles. The number of carbonyl (C=O) groups is 1. The molecule has 5 heteroatoms. The van der Waals surface area contributed by atoms with Gasteiger partial charge in [0, 0.05) is 18.8 Å². The molecule has 4 aliphatic carbocycles. The van der Waals surface area contributed by atoms with Gasteiger partial charge in [-0.1, -0.05) is 0 Å². The number of fused-ring (bicyclic) bond motifs is 1. The standard InChI is InChI=1S/C22H30N4O/c1-12-5-18(19-13(2)25-26(4)20(19)23-12)21(27)24-14(3)22-9-15-6-16(10-22)8-17(7-15)11-22/h5,14-17H,6-11H2,1-4H3,(H,24,27)/t14-,15?,16?,17?,22?/m1/s1. The highest BCUT2D eigenvalue weighted by molar-refractivity contribution is 6.06. The number of hydrogen-bond acceptors (Lipinski definition) is 3. The first-order valence-electron chi connectivity index (χ1n) is 10.5. The SMILES string of the molecule is Cc1cc(C(=O)N[C@H](C)C23CC4CC(CC(C4)C2)C3)c2c(C)nn(C)c2n1. The number of aryl methyl sites for hydroxylation is 3. The summed E-state index contributed by atoms with van der Waals surface area (Å²) in [6.45, 7) is 6.14. The van der Waals surface area contributed by atoms with Crippen molar-refractivity contribution in [2.45, 2.75) is 65.3 Å². The van der Waals surface area contributed by atoms with Gasteiger partial charge in [-0.2, -0.15) is 5.10 Å². The van der Waals surface area contributed by atoms with Crippen molar-refractivity contribution in [2.75, 3.05) is 0 Å². The van der Waals surface area contributed by atoms with Crippen LogP contribution in [0, 0.1) is 37.0 Å². The average molecular weight is 367 g/mol. The molecule has 0 aromatic carbocycles. The number of rotatable bonds is 3. The van der Waals surface area contributed by atoms with Gasteiger partial charge in [0.05, 0.1) is 16.6 Å². The maximum absolute atomic E-state index is 13.3. The molecule has 4 aliphatic rings. The van der Waals surface area contributed by atoms with E-state index in [4.69, 9.17) is 0 Å². The molecular weight excluding hydrogens is 336 g/mol. The van der Waals surface area contributed by atoms with Gasteiger partial charge in [0.25, 0.3) is 5.91 Å². The van der Waals surface area contributed by atoms with Gasteiger partial charge in [-0.15, -0.1) is 0 Å². The molecule has 4 fully saturated rings. The second-order valence-electron chi connectivity index (χ2n) is 9.69. The van der Waals surface area contributed by atoms with Crippen molar-refractivity contribution in [3.05, 3.63) is 23.0 Å². The topological polar surface area (TPSA) is 59.8 Å². The van der Waals surface area contributed by atoms with Crippen LogP contribution in [0.15, 0.2) is 6.07 Å². The normalized spacial score (nSPS) is 32.8. The van der Waals surface area contributed by atoms with Crippen molar-refractivity contribution >= 4 is 16.9 Å². The molecular formula is C22H30N4O. The van der Waals surface area contributed by atoms with Gasteiger partial charge in [-0.05, 0) is 88.5 Å². The fraction of sp³-hybridized carbons (Fsp3) is 0.682. The average Bonchev–Trinajstić information content (AvgIpc) is 2.87. The summed E-state index contributed by atoms with van der Waals surface area (Å²) >= 11 is 0. The van der Waals surface area contributed by atoms with Crippen LogP contribution in [0.2, 0.25) is 0 Å². The number of pyridine rings is 1.